The third-order valence-electron chi connectivity index (χ3n) is 2.55. The number of nitrogens with zero attached hydrogens (tertiary/aromatic N) is 1. The molecule has 0 amide bonds. The number of ether oxygens (including phenoxy) is 1. The van der Waals surface area contributed by atoms with E-state index in [0.717, 1.165) is 24.5 Å². The summed E-state index contributed by atoms with van der Waals surface area (Å²) in [7, 11) is 0. The van der Waals surface area contributed by atoms with Crippen molar-refractivity contribution in [2.45, 2.75) is 6.61 Å². The molecule has 5 nitrogen and oxygen atoms in total. The van der Waals surface area contributed by atoms with Crippen LogP contribution in [0.4, 0.5) is 8.78 Å². The number of hydrogen-bond acceptors (Lipinski definition) is 4. The molecule has 0 aliphatic carbocycles. The number of rotatable bonds is 5. The fourth-order valence-corrected chi connectivity index (χ4v) is 1.54. The molecule has 1 aromatic carbocycles. The summed E-state index contributed by atoms with van der Waals surface area (Å²) in [5.41, 5.74) is 0.649. The van der Waals surface area contributed by atoms with E-state index in [2.05, 4.69) is 4.98 Å². The van der Waals surface area contributed by atoms with Crippen molar-refractivity contribution in [1.82, 2.24) is 4.98 Å². The Morgan fingerprint density at radius 2 is 2.10 bits per heavy atom. The summed E-state index contributed by atoms with van der Waals surface area (Å²) in [6, 6.07) is 6.78. The van der Waals surface area contributed by atoms with Crippen molar-refractivity contribution in [3.63, 3.8) is 0 Å². The van der Waals surface area contributed by atoms with Crippen molar-refractivity contribution in [3.8, 4) is 5.75 Å². The lowest BCUT2D eigenvalue weighted by atomic mass is 10.2. The van der Waals surface area contributed by atoms with Crippen molar-refractivity contribution < 1.29 is 24.0 Å². The lowest BCUT2D eigenvalue weighted by Gasteiger charge is -2.07. The molecule has 1 aromatic heterocycles. The van der Waals surface area contributed by atoms with Gasteiger partial charge in [-0.25, -0.2) is 19.2 Å². The van der Waals surface area contributed by atoms with Crippen LogP contribution in [-0.2, 0) is 6.61 Å². The predicted octanol–water partition coefficient (Wildman–Crippen LogP) is 1.68. The lowest BCUT2D eigenvalue weighted by molar-refractivity contribution is -1.00. The Balaban J connectivity index is 2.01. The third-order valence-corrected chi connectivity index (χ3v) is 2.55. The average molecular weight is 294 g/mol. The van der Waals surface area contributed by atoms with Gasteiger partial charge in [0.25, 0.3) is 0 Å². The molecule has 0 fully saturated rings. The van der Waals surface area contributed by atoms with Crippen LogP contribution in [-0.4, -0.2) is 10.2 Å². The highest BCUT2D eigenvalue weighted by molar-refractivity contribution is 5.50. The summed E-state index contributed by atoms with van der Waals surface area (Å²) in [5.74, 6) is -0.775. The Hall–Kier alpha value is -2.35. The van der Waals surface area contributed by atoms with E-state index < -0.39 is 16.9 Å². The summed E-state index contributed by atoms with van der Waals surface area (Å²) >= 11 is 0. The summed E-state index contributed by atoms with van der Waals surface area (Å²) in [4.78, 5) is 3.81. The molecule has 0 aliphatic rings. The molecule has 2 aromatic rings. The molecule has 1 heterocycles. The molecule has 0 radical (unpaired) electrons. The maximum absolute atomic E-state index is 13.7. The Morgan fingerprint density at radius 1 is 1.29 bits per heavy atom. The number of hydroxylamine groups is 2. The Bertz CT molecular complexity index is 631. The van der Waals surface area contributed by atoms with E-state index in [9.17, 15) is 14.0 Å². The first kappa shape index (κ1) is 15.0. The molecule has 2 rings (SSSR count). The van der Waals surface area contributed by atoms with Crippen LogP contribution in [0.2, 0.25) is 0 Å². The van der Waals surface area contributed by atoms with Crippen molar-refractivity contribution in [1.29, 1.82) is 0 Å². The van der Waals surface area contributed by atoms with E-state index in [1.165, 1.54) is 24.3 Å². The van der Waals surface area contributed by atoms with Gasteiger partial charge in [0.15, 0.2) is 0 Å². The lowest BCUT2D eigenvalue weighted by Crippen LogP contribution is -2.99. The van der Waals surface area contributed by atoms with E-state index >= 15 is 0 Å². The molecule has 1 unspecified atom stereocenters. The monoisotopic (exact) mass is 294 g/mol. The molecular formula is C14H12F2N2O3. The zero-order chi connectivity index (χ0) is 15.2. The summed E-state index contributed by atoms with van der Waals surface area (Å²) in [5, 5.41) is 17.7. The molecule has 0 saturated carbocycles. The van der Waals surface area contributed by atoms with E-state index in [4.69, 9.17) is 9.94 Å². The fraction of sp³-hybridized carbons (Fsp3) is 0.0714. The van der Waals surface area contributed by atoms with Gasteiger partial charge in [0, 0.05) is 17.7 Å². The van der Waals surface area contributed by atoms with Crippen LogP contribution in [0.1, 0.15) is 11.3 Å². The number of pyridine rings is 1. The predicted molar refractivity (Wildman–Crippen MR) is 70.1 cm³/mol. The number of aromatic nitrogens is 1. The van der Waals surface area contributed by atoms with Gasteiger partial charge >= 0.3 is 0 Å². The van der Waals surface area contributed by atoms with Gasteiger partial charge in [0.1, 0.15) is 30.2 Å². The second-order valence-electron chi connectivity index (χ2n) is 4.11. The normalized spacial score (nSPS) is 12.6. The van der Waals surface area contributed by atoms with E-state index in [-0.39, 0.29) is 17.9 Å². The number of benzene rings is 1. The molecule has 0 saturated heterocycles. The molecule has 7 heteroatoms. The van der Waals surface area contributed by atoms with Gasteiger partial charge < -0.3 is 9.94 Å². The number of quaternary nitrogens is 1. The van der Waals surface area contributed by atoms with Gasteiger partial charge in [0.05, 0.1) is 11.9 Å². The van der Waals surface area contributed by atoms with E-state index in [0.29, 0.717) is 5.69 Å². The van der Waals surface area contributed by atoms with Gasteiger partial charge in [-0.2, -0.15) is 0 Å². The molecule has 1 atom stereocenters. The Morgan fingerprint density at radius 3 is 2.71 bits per heavy atom. The maximum Gasteiger partial charge on any atom is 0.141 e. The second kappa shape index (κ2) is 6.89. The molecule has 0 aliphatic heterocycles. The van der Waals surface area contributed by atoms with Crippen molar-refractivity contribution in [3.05, 3.63) is 70.8 Å². The van der Waals surface area contributed by atoms with Crippen LogP contribution in [0.5, 0.6) is 5.75 Å². The number of halogens is 2. The van der Waals surface area contributed by atoms with Gasteiger partial charge in [-0.1, -0.05) is 0 Å². The van der Waals surface area contributed by atoms with E-state index in [1.54, 1.807) is 0 Å². The molecule has 21 heavy (non-hydrogen) atoms. The van der Waals surface area contributed by atoms with Crippen LogP contribution < -0.4 is 9.96 Å². The summed E-state index contributed by atoms with van der Waals surface area (Å²) < 4.78 is 31.7. The van der Waals surface area contributed by atoms with E-state index in [1.807, 2.05) is 0 Å². The van der Waals surface area contributed by atoms with Crippen molar-refractivity contribution in [2.75, 3.05) is 0 Å². The first-order valence-corrected chi connectivity index (χ1v) is 5.98. The molecule has 0 bridgehead atoms. The zero-order valence-corrected chi connectivity index (χ0v) is 10.8. The topological polar surface area (TPSA) is 69.9 Å². The van der Waals surface area contributed by atoms with Crippen LogP contribution in [0.15, 0.2) is 42.7 Å². The largest absolute Gasteiger partial charge is 0.595 e. The minimum atomic E-state index is -1.16. The maximum atomic E-state index is 13.7. The van der Waals surface area contributed by atoms with Crippen molar-refractivity contribution >= 4 is 6.08 Å². The van der Waals surface area contributed by atoms with Crippen LogP contribution in [0.3, 0.4) is 0 Å². The quantitative estimate of drug-likeness (QED) is 0.823. The van der Waals surface area contributed by atoms with Gasteiger partial charge in [0.2, 0.25) is 0 Å². The molecular weight excluding hydrogens is 282 g/mol. The van der Waals surface area contributed by atoms with Crippen LogP contribution in [0, 0.1) is 16.8 Å². The van der Waals surface area contributed by atoms with Crippen LogP contribution in [0.25, 0.3) is 6.08 Å². The first-order valence-electron chi connectivity index (χ1n) is 5.98. The summed E-state index contributed by atoms with van der Waals surface area (Å²) in [6.07, 6.45) is 3.07. The standard InChI is InChI=1S/C14H12F2N2O3/c15-11-2-3-12(17-8-11)9-21-13-4-1-10(14(16)7-13)5-6-18(19)20/h1-8,18-19H,9H2/b6-5+. The third kappa shape index (κ3) is 4.60. The Labute approximate surface area is 119 Å². The Kier molecular flexibility index (Phi) is 4.94. The summed E-state index contributed by atoms with van der Waals surface area (Å²) in [6.45, 7) is 0.0734. The first-order chi connectivity index (χ1) is 10.0. The highest BCUT2D eigenvalue weighted by Crippen LogP contribution is 2.18. The molecule has 110 valence electrons. The van der Waals surface area contributed by atoms with Gasteiger partial charge in [-0.15, -0.1) is 0 Å². The van der Waals surface area contributed by atoms with Crippen molar-refractivity contribution in [2.24, 2.45) is 0 Å². The molecule has 2 N–H and O–H groups in total. The zero-order valence-electron chi connectivity index (χ0n) is 10.8. The molecule has 0 spiro atoms. The highest BCUT2D eigenvalue weighted by atomic mass is 19.1. The van der Waals surface area contributed by atoms with Crippen LogP contribution >= 0.6 is 0 Å². The number of hydrogen-bond donors (Lipinski definition) is 2. The second-order valence-corrected chi connectivity index (χ2v) is 4.11. The average Bonchev–Trinajstić information content (AvgIpc) is 2.45. The number of nitrogens with one attached hydrogen (secondary N) is 1. The SMILES string of the molecule is [O-][NH+](O)/C=C/c1ccc(OCc2ccc(F)cn2)cc1F. The van der Waals surface area contributed by atoms with Gasteiger partial charge in [-0.3, -0.25) is 4.98 Å². The highest BCUT2D eigenvalue weighted by Gasteiger charge is 2.04. The minimum absolute atomic E-state index is 0.0734. The smallest absolute Gasteiger partial charge is 0.141 e. The van der Waals surface area contributed by atoms with Gasteiger partial charge in [-0.05, 0) is 24.3 Å². The fourth-order valence-electron chi connectivity index (χ4n) is 1.54. The minimum Gasteiger partial charge on any atom is -0.595 e.